The van der Waals surface area contributed by atoms with E-state index in [9.17, 15) is 24.0 Å². The number of carbonyl (C=O) groups excluding carboxylic acids is 5. The number of nitrogens with zero attached hydrogens (tertiary/aromatic N) is 3. The largest absolute Gasteiger partial charge is 0.385 e. The average molecular weight is 600 g/mol. The molecule has 44 heavy (non-hydrogen) atoms. The molecule has 0 bridgehead atoms. The third-order valence-electron chi connectivity index (χ3n) is 8.77. The number of carbonyl (C=O) groups is 5. The number of amides is 5. The second kappa shape index (κ2) is 12.6. The fourth-order valence-corrected chi connectivity index (χ4v) is 6.38. The van der Waals surface area contributed by atoms with Crippen molar-refractivity contribution in [3.8, 4) is 0 Å². The maximum absolute atomic E-state index is 13.0. The molecular formula is C32H37N7O5. The van der Waals surface area contributed by atoms with Crippen molar-refractivity contribution in [3.05, 3.63) is 53.3 Å². The van der Waals surface area contributed by atoms with Crippen LogP contribution in [-0.4, -0.2) is 75.5 Å². The molecule has 0 aliphatic carbocycles. The van der Waals surface area contributed by atoms with E-state index < -0.39 is 29.7 Å². The van der Waals surface area contributed by atoms with E-state index in [1.807, 2.05) is 6.07 Å². The predicted octanol–water partition coefficient (Wildman–Crippen LogP) is 3.73. The Kier molecular flexibility index (Phi) is 8.42. The highest BCUT2D eigenvalue weighted by Crippen LogP contribution is 2.32. The van der Waals surface area contributed by atoms with Crippen LogP contribution in [0.25, 0.3) is 10.9 Å². The molecule has 0 saturated carbocycles. The molecule has 5 amide bonds. The smallest absolute Gasteiger partial charge is 0.262 e. The number of likely N-dealkylation sites (tertiary alicyclic amines) is 1. The SMILES string of the molecule is CN1CCC[C@H]1c1cc2cnc(NC(=O)CCCCCCNc3ccc4c(c3)C(=O)N(C3CCC(=O)NC3=O)C4=O)cc2[nH]1. The highest BCUT2D eigenvalue weighted by molar-refractivity contribution is 6.23. The third kappa shape index (κ3) is 6.07. The van der Waals surface area contributed by atoms with Gasteiger partial charge in [0, 0.05) is 54.5 Å². The maximum atomic E-state index is 13.0. The Balaban J connectivity index is 0.910. The molecule has 2 atom stereocenters. The second-order valence-corrected chi connectivity index (χ2v) is 11.9. The quantitative estimate of drug-likeness (QED) is 0.192. The molecule has 2 aromatic heterocycles. The number of rotatable bonds is 11. The van der Waals surface area contributed by atoms with E-state index in [0.717, 1.165) is 54.5 Å². The minimum atomic E-state index is -0.977. The number of unbranched alkanes of at least 4 members (excludes halogenated alkanes) is 3. The van der Waals surface area contributed by atoms with E-state index in [1.54, 1.807) is 24.4 Å². The van der Waals surface area contributed by atoms with Crippen LogP contribution in [0.5, 0.6) is 0 Å². The van der Waals surface area contributed by atoms with Gasteiger partial charge in [-0.25, -0.2) is 4.98 Å². The molecule has 3 aromatic rings. The monoisotopic (exact) mass is 599 g/mol. The molecule has 230 valence electrons. The van der Waals surface area contributed by atoms with E-state index >= 15 is 0 Å². The fraction of sp³-hybridized carbons (Fsp3) is 0.438. The number of fused-ring (bicyclic) bond motifs is 2. The van der Waals surface area contributed by atoms with Gasteiger partial charge in [0.05, 0.1) is 16.6 Å². The van der Waals surface area contributed by atoms with E-state index in [4.69, 9.17) is 0 Å². The summed E-state index contributed by atoms with van der Waals surface area (Å²) < 4.78 is 0. The number of nitrogens with one attached hydrogen (secondary N) is 4. The lowest BCUT2D eigenvalue weighted by atomic mass is 10.0. The Labute approximate surface area is 254 Å². The van der Waals surface area contributed by atoms with Gasteiger partial charge >= 0.3 is 0 Å². The number of aromatic nitrogens is 2. The molecule has 3 aliphatic heterocycles. The van der Waals surface area contributed by atoms with Gasteiger partial charge in [0.25, 0.3) is 11.8 Å². The van der Waals surface area contributed by atoms with Gasteiger partial charge in [0.1, 0.15) is 11.9 Å². The van der Waals surface area contributed by atoms with Gasteiger partial charge in [0.2, 0.25) is 17.7 Å². The number of piperidine rings is 1. The van der Waals surface area contributed by atoms with Crippen LogP contribution in [0.3, 0.4) is 0 Å². The van der Waals surface area contributed by atoms with Crippen LogP contribution in [0, 0.1) is 0 Å². The molecule has 1 aromatic carbocycles. The van der Waals surface area contributed by atoms with Gasteiger partial charge in [-0.05, 0) is 70.0 Å². The highest BCUT2D eigenvalue weighted by Gasteiger charge is 2.44. The molecule has 5 heterocycles. The number of hydrogen-bond donors (Lipinski definition) is 4. The van der Waals surface area contributed by atoms with E-state index in [2.05, 4.69) is 43.9 Å². The number of aromatic amines is 1. The first kappa shape index (κ1) is 29.5. The zero-order valence-corrected chi connectivity index (χ0v) is 24.8. The number of anilines is 2. The van der Waals surface area contributed by atoms with Crippen molar-refractivity contribution in [2.24, 2.45) is 0 Å². The van der Waals surface area contributed by atoms with E-state index in [1.165, 1.54) is 12.1 Å². The minimum Gasteiger partial charge on any atom is -0.385 e. The van der Waals surface area contributed by atoms with E-state index in [-0.39, 0.29) is 29.9 Å². The van der Waals surface area contributed by atoms with Gasteiger partial charge in [-0.15, -0.1) is 0 Å². The Morgan fingerprint density at radius 1 is 0.977 bits per heavy atom. The molecule has 3 aliphatic rings. The van der Waals surface area contributed by atoms with Gasteiger partial charge in [-0.2, -0.15) is 0 Å². The Bertz CT molecular complexity index is 1630. The summed E-state index contributed by atoms with van der Waals surface area (Å²) in [6.45, 7) is 1.77. The summed E-state index contributed by atoms with van der Waals surface area (Å²) in [7, 11) is 2.15. The average Bonchev–Trinajstić information content (AvgIpc) is 3.68. The molecule has 1 unspecified atom stereocenters. The number of H-pyrrole nitrogens is 1. The van der Waals surface area contributed by atoms with Crippen LogP contribution in [0.4, 0.5) is 11.5 Å². The first-order valence-corrected chi connectivity index (χ1v) is 15.4. The molecule has 12 heteroatoms. The van der Waals surface area contributed by atoms with Gasteiger partial charge in [0.15, 0.2) is 0 Å². The molecular weight excluding hydrogens is 562 g/mol. The fourth-order valence-electron chi connectivity index (χ4n) is 6.38. The van der Waals surface area contributed by atoms with Crippen LogP contribution in [0.1, 0.15) is 90.2 Å². The maximum Gasteiger partial charge on any atom is 0.262 e. The molecule has 2 fully saturated rings. The van der Waals surface area contributed by atoms with Crippen molar-refractivity contribution < 1.29 is 24.0 Å². The summed E-state index contributed by atoms with van der Waals surface area (Å²) >= 11 is 0. The lowest BCUT2D eigenvalue weighted by Crippen LogP contribution is -2.54. The molecule has 12 nitrogen and oxygen atoms in total. The summed E-state index contributed by atoms with van der Waals surface area (Å²) in [6.07, 6.45) is 8.23. The standard InChI is InChI=1S/C32H37N7O5/c1-38-14-6-7-25(38)24-15-19-18-34-27(17-23(19)35-24)36-28(40)8-4-2-3-5-13-33-20-9-10-21-22(16-20)32(44)39(31(21)43)26-11-12-29(41)37-30(26)42/h9-10,15-18,25-26,33,35H,2-8,11-14H2,1H3,(H,34,36,40)(H,37,41,42)/t25-,26?/m0/s1. The Morgan fingerprint density at radius 3 is 2.59 bits per heavy atom. The first-order chi connectivity index (χ1) is 21.3. The number of hydrogen-bond acceptors (Lipinski definition) is 8. The molecule has 6 rings (SSSR count). The highest BCUT2D eigenvalue weighted by atomic mass is 16.2. The van der Waals surface area contributed by atoms with Gasteiger partial charge in [-0.3, -0.25) is 39.1 Å². The zero-order chi connectivity index (χ0) is 30.8. The lowest BCUT2D eigenvalue weighted by molar-refractivity contribution is -0.136. The Morgan fingerprint density at radius 2 is 1.80 bits per heavy atom. The van der Waals surface area contributed by atoms with Crippen LogP contribution in [0.2, 0.25) is 0 Å². The second-order valence-electron chi connectivity index (χ2n) is 11.9. The number of imide groups is 2. The van der Waals surface area contributed by atoms with Crippen molar-refractivity contribution in [3.63, 3.8) is 0 Å². The van der Waals surface area contributed by atoms with Crippen molar-refractivity contribution in [1.29, 1.82) is 0 Å². The predicted molar refractivity (Wildman–Crippen MR) is 164 cm³/mol. The van der Waals surface area contributed by atoms with Crippen molar-refractivity contribution in [2.45, 2.75) is 69.9 Å². The summed E-state index contributed by atoms with van der Waals surface area (Å²) in [5, 5.41) is 9.45. The zero-order valence-electron chi connectivity index (χ0n) is 24.8. The Hall–Kier alpha value is -4.58. The van der Waals surface area contributed by atoms with Crippen LogP contribution >= 0.6 is 0 Å². The van der Waals surface area contributed by atoms with Crippen LogP contribution in [0.15, 0.2) is 36.5 Å². The summed E-state index contributed by atoms with van der Waals surface area (Å²) in [5.74, 6) is -1.57. The minimum absolute atomic E-state index is 0.0546. The first-order valence-electron chi connectivity index (χ1n) is 15.4. The number of pyridine rings is 1. The van der Waals surface area contributed by atoms with Crippen molar-refractivity contribution in [2.75, 3.05) is 30.8 Å². The van der Waals surface area contributed by atoms with Crippen molar-refractivity contribution in [1.82, 2.24) is 25.1 Å². The topological polar surface area (TPSA) is 157 Å². The van der Waals surface area contributed by atoms with Crippen LogP contribution < -0.4 is 16.0 Å². The summed E-state index contributed by atoms with van der Waals surface area (Å²) in [6, 6.07) is 8.45. The van der Waals surface area contributed by atoms with E-state index in [0.29, 0.717) is 30.5 Å². The third-order valence-corrected chi connectivity index (χ3v) is 8.77. The van der Waals surface area contributed by atoms with Crippen LogP contribution in [-0.2, 0) is 14.4 Å². The summed E-state index contributed by atoms with van der Waals surface area (Å²) in [4.78, 5) is 73.3. The van der Waals surface area contributed by atoms with Gasteiger partial charge < -0.3 is 15.6 Å². The lowest BCUT2D eigenvalue weighted by Gasteiger charge is -2.27. The molecule has 4 N–H and O–H groups in total. The number of benzene rings is 1. The van der Waals surface area contributed by atoms with Gasteiger partial charge in [-0.1, -0.05) is 12.8 Å². The molecule has 0 radical (unpaired) electrons. The summed E-state index contributed by atoms with van der Waals surface area (Å²) in [5.41, 5.74) is 3.39. The molecule has 0 spiro atoms. The van der Waals surface area contributed by atoms with Crippen molar-refractivity contribution >= 4 is 51.9 Å². The molecule has 2 saturated heterocycles. The normalized spacial score (nSPS) is 20.3.